The van der Waals surface area contributed by atoms with Gasteiger partial charge in [-0.15, -0.1) is 0 Å². The van der Waals surface area contributed by atoms with Gasteiger partial charge in [-0.2, -0.15) is 0 Å². The zero-order chi connectivity index (χ0) is 22.5. The topological polar surface area (TPSA) is 56.8 Å². The zero-order valence-electron chi connectivity index (χ0n) is 19.5. The number of hydrogen-bond acceptors (Lipinski definition) is 4. The van der Waals surface area contributed by atoms with E-state index < -0.39 is 15.2 Å². The molecule has 30 heavy (non-hydrogen) atoms. The van der Waals surface area contributed by atoms with E-state index in [2.05, 4.69) is 5.32 Å². The Balaban J connectivity index is 3.36. The smallest absolute Gasteiger partial charge is 0.377 e. The van der Waals surface area contributed by atoms with Crippen molar-refractivity contribution in [3.05, 3.63) is 0 Å². The summed E-state index contributed by atoms with van der Waals surface area (Å²) in [6, 6.07) is 0.690. The van der Waals surface area contributed by atoms with Crippen LogP contribution in [0.3, 0.4) is 0 Å². The third kappa shape index (κ3) is 17.1. The highest BCUT2D eigenvalue weighted by Gasteiger charge is 2.36. The molecule has 180 valence electrons. The van der Waals surface area contributed by atoms with Gasteiger partial charge in [-0.25, -0.2) is 8.78 Å². The highest BCUT2D eigenvalue weighted by atomic mass is 28.4. The Bertz CT molecular complexity index is 391. The van der Waals surface area contributed by atoms with Crippen LogP contribution in [0.15, 0.2) is 0 Å². The maximum absolute atomic E-state index is 12.0. The van der Waals surface area contributed by atoms with Gasteiger partial charge < -0.3 is 18.6 Å². The molecular weight excluding hydrogens is 408 g/mol. The summed E-state index contributed by atoms with van der Waals surface area (Å²) in [4.78, 5) is 11.9. The van der Waals surface area contributed by atoms with Crippen LogP contribution in [0.4, 0.5) is 8.78 Å². The molecule has 0 radical (unpaired) electrons. The van der Waals surface area contributed by atoms with Gasteiger partial charge in [0.25, 0.3) is 0 Å². The Kier molecular flexibility index (Phi) is 19.9. The summed E-state index contributed by atoms with van der Waals surface area (Å²) >= 11 is 0. The zero-order valence-corrected chi connectivity index (χ0v) is 20.5. The Morgan fingerprint density at radius 1 is 0.733 bits per heavy atom. The lowest BCUT2D eigenvalue weighted by Crippen LogP contribution is -2.43. The first-order valence-corrected chi connectivity index (χ1v) is 13.6. The third-order valence-electron chi connectivity index (χ3n) is 5.49. The van der Waals surface area contributed by atoms with Gasteiger partial charge in [0.1, 0.15) is 0 Å². The molecule has 1 N–H and O–H groups in total. The summed E-state index contributed by atoms with van der Waals surface area (Å²) in [6.45, 7) is 0.621. The molecule has 0 aliphatic heterocycles. The minimum absolute atomic E-state index is 0.0564. The molecule has 0 bridgehead atoms. The van der Waals surface area contributed by atoms with E-state index in [9.17, 15) is 13.6 Å². The van der Waals surface area contributed by atoms with Gasteiger partial charge in [0.15, 0.2) is 0 Å². The summed E-state index contributed by atoms with van der Waals surface area (Å²) in [7, 11) is 2.26. The number of alkyl halides is 2. The number of rotatable bonds is 22. The number of carbonyl (C=O) groups is 1. The van der Waals surface area contributed by atoms with Crippen molar-refractivity contribution in [3.63, 3.8) is 0 Å². The van der Waals surface area contributed by atoms with Crippen molar-refractivity contribution in [3.8, 4) is 0 Å². The number of halogens is 2. The molecule has 0 unspecified atom stereocenters. The summed E-state index contributed by atoms with van der Waals surface area (Å²) < 4.78 is 40.1. The van der Waals surface area contributed by atoms with Crippen molar-refractivity contribution >= 4 is 14.7 Å². The number of carbonyl (C=O) groups excluding carboxylic acids is 1. The normalized spacial score (nSPS) is 11.9. The van der Waals surface area contributed by atoms with Crippen LogP contribution >= 0.6 is 0 Å². The molecule has 0 aromatic carbocycles. The summed E-state index contributed by atoms with van der Waals surface area (Å²) in [6.07, 6.45) is 12.6. The Morgan fingerprint density at radius 2 is 1.17 bits per heavy atom. The van der Waals surface area contributed by atoms with Gasteiger partial charge >= 0.3 is 8.80 Å². The van der Waals surface area contributed by atoms with Gasteiger partial charge in [0, 0.05) is 46.8 Å². The number of hydrogen-bond donors (Lipinski definition) is 1. The van der Waals surface area contributed by atoms with Crippen LogP contribution < -0.4 is 5.32 Å². The Labute approximate surface area is 184 Å². The van der Waals surface area contributed by atoms with Crippen LogP contribution in [0.5, 0.6) is 0 Å². The fraction of sp³-hybridized carbons (Fsp3) is 0.955. The van der Waals surface area contributed by atoms with Gasteiger partial charge in [0.2, 0.25) is 12.3 Å². The number of unbranched alkanes of at least 4 members (excludes halogenated alkanes) is 11. The van der Waals surface area contributed by atoms with Crippen molar-refractivity contribution in [1.29, 1.82) is 0 Å². The highest BCUT2D eigenvalue weighted by Crippen LogP contribution is 2.15. The van der Waals surface area contributed by atoms with Crippen LogP contribution in [-0.2, 0) is 18.1 Å². The van der Waals surface area contributed by atoms with E-state index in [0.29, 0.717) is 25.4 Å². The van der Waals surface area contributed by atoms with E-state index in [4.69, 9.17) is 13.3 Å². The molecular formula is C22H45F2NO4Si. The molecule has 0 saturated carbocycles. The van der Waals surface area contributed by atoms with E-state index >= 15 is 0 Å². The molecule has 1 amide bonds. The first-order chi connectivity index (χ1) is 14.5. The third-order valence-corrected chi connectivity index (χ3v) is 8.32. The van der Waals surface area contributed by atoms with Gasteiger partial charge in [-0.1, -0.05) is 64.2 Å². The predicted molar refractivity (Wildman–Crippen MR) is 120 cm³/mol. The predicted octanol–water partition coefficient (Wildman–Crippen LogP) is 6.10. The monoisotopic (exact) mass is 453 g/mol. The molecule has 8 heteroatoms. The standard InChI is InChI=1S/C22H45F2NO4Si/c1-27-30(28-2,29-3)20-16-19-25-22(26)18-15-13-11-9-7-5-4-6-8-10-12-14-17-21(23)24/h21H,4-20H2,1-3H3,(H,25,26). The van der Waals surface area contributed by atoms with Crippen molar-refractivity contribution < 1.29 is 26.9 Å². The van der Waals surface area contributed by atoms with Gasteiger partial charge in [-0.3, -0.25) is 4.79 Å². The quantitative estimate of drug-likeness (QED) is 0.159. The van der Waals surface area contributed by atoms with Crippen molar-refractivity contribution in [2.75, 3.05) is 27.9 Å². The molecule has 0 aromatic heterocycles. The fourth-order valence-corrected chi connectivity index (χ4v) is 5.25. The lowest BCUT2D eigenvalue weighted by molar-refractivity contribution is -0.121. The SMILES string of the molecule is CO[Si](CCCNC(=O)CCCCCCCCCCCCCCC(F)F)(OC)OC. The minimum atomic E-state index is -2.53. The van der Waals surface area contributed by atoms with Crippen molar-refractivity contribution in [2.45, 2.75) is 109 Å². The van der Waals surface area contributed by atoms with E-state index in [1.807, 2.05) is 0 Å². The lowest BCUT2D eigenvalue weighted by atomic mass is 10.0. The highest BCUT2D eigenvalue weighted by molar-refractivity contribution is 6.60. The lowest BCUT2D eigenvalue weighted by Gasteiger charge is -2.24. The second kappa shape index (κ2) is 20.3. The van der Waals surface area contributed by atoms with Gasteiger partial charge in [0.05, 0.1) is 0 Å². The second-order valence-corrected chi connectivity index (χ2v) is 11.0. The average molecular weight is 454 g/mol. The first kappa shape index (κ1) is 29.4. The molecule has 0 aliphatic rings. The second-order valence-electron chi connectivity index (χ2n) is 7.92. The largest absolute Gasteiger partial charge is 0.500 e. The molecule has 0 fully saturated rings. The van der Waals surface area contributed by atoms with Crippen LogP contribution in [0.2, 0.25) is 6.04 Å². The van der Waals surface area contributed by atoms with Crippen LogP contribution in [-0.4, -0.2) is 49.0 Å². The molecule has 0 heterocycles. The van der Waals surface area contributed by atoms with Crippen LogP contribution in [0.1, 0.15) is 96.3 Å². The summed E-state index contributed by atoms with van der Waals surface area (Å²) in [5, 5.41) is 2.96. The van der Waals surface area contributed by atoms with E-state index in [0.717, 1.165) is 32.1 Å². The molecule has 0 aromatic rings. The van der Waals surface area contributed by atoms with Crippen molar-refractivity contribution in [2.24, 2.45) is 0 Å². The Morgan fingerprint density at radius 3 is 1.60 bits per heavy atom. The maximum atomic E-state index is 12.0. The number of nitrogens with one attached hydrogen (secondary N) is 1. The average Bonchev–Trinajstić information content (AvgIpc) is 2.74. The maximum Gasteiger partial charge on any atom is 0.500 e. The van der Waals surface area contributed by atoms with Crippen LogP contribution in [0.25, 0.3) is 0 Å². The molecule has 0 atom stereocenters. The van der Waals surface area contributed by atoms with Gasteiger partial charge in [-0.05, 0) is 19.3 Å². The molecule has 0 rings (SSSR count). The number of amides is 1. The van der Waals surface area contributed by atoms with E-state index in [-0.39, 0.29) is 12.3 Å². The summed E-state index contributed by atoms with van der Waals surface area (Å²) in [5.41, 5.74) is 0. The summed E-state index contributed by atoms with van der Waals surface area (Å²) in [5.74, 6) is 0.114. The Hall–Kier alpha value is -0.573. The van der Waals surface area contributed by atoms with E-state index in [1.54, 1.807) is 21.3 Å². The minimum Gasteiger partial charge on any atom is -0.377 e. The van der Waals surface area contributed by atoms with E-state index in [1.165, 1.54) is 44.9 Å². The van der Waals surface area contributed by atoms with Crippen LogP contribution in [0, 0.1) is 0 Å². The molecule has 0 aliphatic carbocycles. The molecule has 5 nitrogen and oxygen atoms in total. The molecule has 0 spiro atoms. The fourth-order valence-electron chi connectivity index (χ4n) is 3.53. The first-order valence-electron chi connectivity index (χ1n) is 11.7. The van der Waals surface area contributed by atoms with Crippen molar-refractivity contribution in [1.82, 2.24) is 5.32 Å². The molecule has 0 saturated heterocycles.